The molecule has 0 aliphatic rings. The molecule has 4 N–H and O–H groups in total. The van der Waals surface area contributed by atoms with Crippen LogP contribution in [-0.4, -0.2) is 29.0 Å². The summed E-state index contributed by atoms with van der Waals surface area (Å²) >= 11 is 6.05. The van der Waals surface area contributed by atoms with E-state index in [2.05, 4.69) is 53.4 Å². The van der Waals surface area contributed by atoms with Gasteiger partial charge in [-0.3, -0.25) is 15.6 Å². The molecule has 0 aliphatic heterocycles. The Kier molecular flexibility index (Phi) is 7.24. The third kappa shape index (κ3) is 5.72. The summed E-state index contributed by atoms with van der Waals surface area (Å²) in [5.41, 5.74) is 12.4. The number of amides is 1. The van der Waals surface area contributed by atoms with Crippen LogP contribution in [0.3, 0.4) is 0 Å². The number of halogens is 1. The predicted molar refractivity (Wildman–Crippen MR) is 111 cm³/mol. The number of nitrogens with one attached hydrogen (secondary N) is 2. The molecule has 0 saturated heterocycles. The number of benzene rings is 1. The van der Waals surface area contributed by atoms with Crippen molar-refractivity contribution in [2.45, 2.75) is 27.7 Å². The molecule has 27 heavy (non-hydrogen) atoms. The number of nitrogen functional groups attached to an aromatic ring is 1. The fourth-order valence-electron chi connectivity index (χ4n) is 2.70. The van der Waals surface area contributed by atoms with E-state index in [-0.39, 0.29) is 5.91 Å². The van der Waals surface area contributed by atoms with E-state index in [4.69, 9.17) is 17.3 Å². The molecule has 0 radical (unpaired) electrons. The molecule has 1 heterocycles. The molecule has 0 unspecified atom stereocenters. The summed E-state index contributed by atoms with van der Waals surface area (Å²) in [5.74, 6) is 1.53. The molecule has 2 rings (SSSR count). The highest BCUT2D eigenvalue weighted by Gasteiger charge is 2.18. The van der Waals surface area contributed by atoms with Gasteiger partial charge in [0.2, 0.25) is 0 Å². The van der Waals surface area contributed by atoms with Crippen LogP contribution in [0.2, 0.25) is 5.02 Å². The van der Waals surface area contributed by atoms with Gasteiger partial charge in [-0.1, -0.05) is 51.4 Å². The zero-order valence-corrected chi connectivity index (χ0v) is 16.9. The van der Waals surface area contributed by atoms with E-state index in [1.807, 2.05) is 0 Å². The van der Waals surface area contributed by atoms with Crippen LogP contribution in [0.1, 0.15) is 38.1 Å². The lowest BCUT2D eigenvalue weighted by molar-refractivity contribution is 0.0962. The van der Waals surface area contributed by atoms with Crippen molar-refractivity contribution < 1.29 is 4.79 Å². The Labute approximate surface area is 165 Å². The number of anilines is 3. The molecule has 0 fully saturated rings. The van der Waals surface area contributed by atoms with Gasteiger partial charge >= 0.3 is 0 Å². The van der Waals surface area contributed by atoms with Gasteiger partial charge in [-0.2, -0.15) is 0 Å². The predicted octanol–water partition coefficient (Wildman–Crippen LogP) is 3.59. The van der Waals surface area contributed by atoms with Gasteiger partial charge in [-0.05, 0) is 24.0 Å². The largest absolute Gasteiger partial charge is 0.393 e. The highest BCUT2D eigenvalue weighted by atomic mass is 35.5. The number of hydrazine groups is 1. The zero-order valence-electron chi connectivity index (χ0n) is 16.2. The minimum absolute atomic E-state index is 0.345. The van der Waals surface area contributed by atoms with Crippen LogP contribution in [0.4, 0.5) is 17.3 Å². The number of hydrogen-bond donors (Lipinski definition) is 3. The van der Waals surface area contributed by atoms with E-state index < -0.39 is 0 Å². The second-order valence-electron chi connectivity index (χ2n) is 7.21. The molecule has 0 aliphatic carbocycles. The van der Waals surface area contributed by atoms with Crippen molar-refractivity contribution >= 4 is 34.8 Å². The molecule has 146 valence electrons. The van der Waals surface area contributed by atoms with Gasteiger partial charge in [0.25, 0.3) is 5.91 Å². The quantitative estimate of drug-likeness (QED) is 0.596. The molecule has 0 bridgehead atoms. The van der Waals surface area contributed by atoms with Crippen LogP contribution in [0, 0.1) is 11.8 Å². The van der Waals surface area contributed by atoms with Crippen molar-refractivity contribution in [1.82, 2.24) is 15.4 Å². The first-order valence-electron chi connectivity index (χ1n) is 8.95. The van der Waals surface area contributed by atoms with Crippen LogP contribution >= 0.6 is 11.6 Å². The van der Waals surface area contributed by atoms with E-state index in [9.17, 15) is 4.79 Å². The molecule has 1 amide bonds. The number of hydrogen-bond acceptors (Lipinski definition) is 6. The lowest BCUT2D eigenvalue weighted by Gasteiger charge is -2.28. The van der Waals surface area contributed by atoms with Gasteiger partial charge in [-0.15, -0.1) is 0 Å². The van der Waals surface area contributed by atoms with Gasteiger partial charge in [0.05, 0.1) is 10.6 Å². The van der Waals surface area contributed by atoms with Gasteiger partial charge in [-0.25, -0.2) is 9.97 Å². The number of rotatable bonds is 8. The molecular formula is C19H27ClN6O. The lowest BCUT2D eigenvalue weighted by atomic mass is 10.1. The van der Waals surface area contributed by atoms with Crippen LogP contribution in [-0.2, 0) is 0 Å². The lowest BCUT2D eigenvalue weighted by Crippen LogP contribution is -2.34. The monoisotopic (exact) mass is 390 g/mol. The molecule has 2 aromatic rings. The maximum absolute atomic E-state index is 12.3. The number of carbonyl (C=O) groups is 1. The molecule has 1 aromatic heterocycles. The SMILES string of the molecule is CC(C)CN(CC(C)C)c1ncnc(NNC(=O)c2ccccc2Cl)c1N. The fourth-order valence-corrected chi connectivity index (χ4v) is 2.92. The first kappa shape index (κ1) is 20.8. The van der Waals surface area contributed by atoms with Crippen LogP contribution in [0.25, 0.3) is 0 Å². The second-order valence-corrected chi connectivity index (χ2v) is 7.62. The van der Waals surface area contributed by atoms with Crippen molar-refractivity contribution in [3.05, 3.63) is 41.2 Å². The molecule has 0 spiro atoms. The molecular weight excluding hydrogens is 364 g/mol. The van der Waals surface area contributed by atoms with Crippen molar-refractivity contribution in [1.29, 1.82) is 0 Å². The minimum atomic E-state index is -0.374. The Bertz CT molecular complexity index is 771. The fraction of sp³-hybridized carbons (Fsp3) is 0.421. The normalized spacial score (nSPS) is 10.9. The molecule has 0 saturated carbocycles. The summed E-state index contributed by atoms with van der Waals surface area (Å²) in [6, 6.07) is 6.80. The Morgan fingerprint density at radius 1 is 1.15 bits per heavy atom. The standard InChI is InChI=1S/C19H27ClN6O/c1-12(2)9-26(10-13(3)4)18-16(21)17(22-11-23-18)24-25-19(27)14-7-5-6-8-15(14)20/h5-8,11-13H,9-10,21H2,1-4H3,(H,25,27)(H,22,23,24). The number of carbonyl (C=O) groups excluding carboxylic acids is 1. The molecule has 7 nitrogen and oxygen atoms in total. The summed E-state index contributed by atoms with van der Waals surface area (Å²) in [6.07, 6.45) is 1.43. The Morgan fingerprint density at radius 3 is 2.37 bits per heavy atom. The van der Waals surface area contributed by atoms with Crippen molar-refractivity contribution in [3.8, 4) is 0 Å². The third-order valence-electron chi connectivity index (χ3n) is 3.75. The average molecular weight is 391 g/mol. The van der Waals surface area contributed by atoms with E-state index in [1.54, 1.807) is 24.3 Å². The summed E-state index contributed by atoms with van der Waals surface area (Å²) < 4.78 is 0. The first-order chi connectivity index (χ1) is 12.8. The summed E-state index contributed by atoms with van der Waals surface area (Å²) in [4.78, 5) is 23.0. The first-order valence-corrected chi connectivity index (χ1v) is 9.33. The van der Waals surface area contributed by atoms with E-state index in [1.165, 1.54) is 6.33 Å². The summed E-state index contributed by atoms with van der Waals surface area (Å²) in [5, 5.41) is 0.369. The molecule has 8 heteroatoms. The Hall–Kier alpha value is -2.54. The van der Waals surface area contributed by atoms with Gasteiger partial charge < -0.3 is 10.6 Å². The van der Waals surface area contributed by atoms with E-state index in [0.717, 1.165) is 13.1 Å². The van der Waals surface area contributed by atoms with Crippen LogP contribution in [0.5, 0.6) is 0 Å². The summed E-state index contributed by atoms with van der Waals surface area (Å²) in [6.45, 7) is 10.2. The minimum Gasteiger partial charge on any atom is -0.393 e. The highest BCUT2D eigenvalue weighted by Crippen LogP contribution is 2.27. The summed E-state index contributed by atoms with van der Waals surface area (Å²) in [7, 11) is 0. The highest BCUT2D eigenvalue weighted by molar-refractivity contribution is 6.33. The van der Waals surface area contributed by atoms with Gasteiger partial charge in [0, 0.05) is 13.1 Å². The van der Waals surface area contributed by atoms with Crippen molar-refractivity contribution in [2.24, 2.45) is 11.8 Å². The maximum Gasteiger partial charge on any atom is 0.271 e. The van der Waals surface area contributed by atoms with Gasteiger partial charge in [0.1, 0.15) is 12.0 Å². The average Bonchev–Trinajstić information content (AvgIpc) is 2.59. The van der Waals surface area contributed by atoms with E-state index >= 15 is 0 Å². The van der Waals surface area contributed by atoms with Gasteiger partial charge in [0.15, 0.2) is 11.6 Å². The number of aromatic nitrogens is 2. The Morgan fingerprint density at radius 2 is 1.78 bits per heavy atom. The zero-order chi connectivity index (χ0) is 20.0. The molecule has 1 aromatic carbocycles. The molecule has 0 atom stereocenters. The Balaban J connectivity index is 2.18. The number of nitrogens with zero attached hydrogens (tertiary/aromatic N) is 3. The van der Waals surface area contributed by atoms with E-state index in [0.29, 0.717) is 39.7 Å². The van der Waals surface area contributed by atoms with Crippen LogP contribution < -0.4 is 21.5 Å². The second kappa shape index (κ2) is 9.41. The van der Waals surface area contributed by atoms with Crippen molar-refractivity contribution in [3.63, 3.8) is 0 Å². The maximum atomic E-state index is 12.3. The number of nitrogens with two attached hydrogens (primary N) is 1. The van der Waals surface area contributed by atoms with Crippen molar-refractivity contribution in [2.75, 3.05) is 29.1 Å². The smallest absolute Gasteiger partial charge is 0.271 e. The topological polar surface area (TPSA) is 96.2 Å². The third-order valence-corrected chi connectivity index (χ3v) is 4.08. The van der Waals surface area contributed by atoms with Crippen LogP contribution in [0.15, 0.2) is 30.6 Å².